The maximum absolute atomic E-state index is 11.7. The van der Waals surface area contributed by atoms with E-state index in [1.165, 1.54) is 6.20 Å². The minimum atomic E-state index is -0.916. The third-order valence-electron chi connectivity index (χ3n) is 2.71. The van der Waals surface area contributed by atoms with Crippen LogP contribution in [-0.4, -0.2) is 23.5 Å². The van der Waals surface area contributed by atoms with E-state index in [4.69, 9.17) is 10.4 Å². The molecule has 0 radical (unpaired) electrons. The van der Waals surface area contributed by atoms with Crippen LogP contribution in [0, 0.1) is 11.3 Å². The Morgan fingerprint density at radius 1 is 1.36 bits per heavy atom. The van der Waals surface area contributed by atoms with Crippen molar-refractivity contribution in [3.05, 3.63) is 46.1 Å². The van der Waals surface area contributed by atoms with E-state index in [-0.39, 0.29) is 18.5 Å². The summed E-state index contributed by atoms with van der Waals surface area (Å²) in [6.07, 6.45) is 1.66. The van der Waals surface area contributed by atoms with E-state index >= 15 is 0 Å². The molecule has 0 atom stereocenters. The van der Waals surface area contributed by atoms with Crippen LogP contribution in [0.2, 0.25) is 0 Å². The molecule has 22 heavy (non-hydrogen) atoms. The summed E-state index contributed by atoms with van der Waals surface area (Å²) in [7, 11) is 0. The van der Waals surface area contributed by atoms with Gasteiger partial charge in [0, 0.05) is 30.2 Å². The number of carboxylic acids is 1. The minimum Gasteiger partial charge on any atom is -0.481 e. The summed E-state index contributed by atoms with van der Waals surface area (Å²) in [6.45, 7) is 0.688. The number of nitrogens with one attached hydrogen (secondary N) is 2. The molecule has 0 fully saturated rings. The molecule has 0 heterocycles. The zero-order valence-corrected chi connectivity index (χ0v) is 13.4. The van der Waals surface area contributed by atoms with Crippen LogP contribution in [-0.2, 0) is 16.1 Å². The van der Waals surface area contributed by atoms with Gasteiger partial charge in [-0.05, 0) is 18.1 Å². The van der Waals surface area contributed by atoms with E-state index in [0.29, 0.717) is 13.0 Å². The molecule has 1 aromatic carbocycles. The van der Waals surface area contributed by atoms with Crippen molar-refractivity contribution in [2.24, 2.45) is 0 Å². The Morgan fingerprint density at radius 3 is 2.73 bits per heavy atom. The second-order valence-corrected chi connectivity index (χ2v) is 5.25. The lowest BCUT2D eigenvalue weighted by Gasteiger charge is -2.06. The van der Waals surface area contributed by atoms with Gasteiger partial charge in [-0.2, -0.15) is 5.26 Å². The molecule has 1 aromatic rings. The molecule has 116 valence electrons. The lowest BCUT2D eigenvalue weighted by molar-refractivity contribution is -0.137. The lowest BCUT2D eigenvalue weighted by Crippen LogP contribution is -2.27. The van der Waals surface area contributed by atoms with Crippen molar-refractivity contribution in [3.8, 4) is 6.07 Å². The van der Waals surface area contributed by atoms with Gasteiger partial charge in [-0.3, -0.25) is 9.59 Å². The third-order valence-corrected chi connectivity index (χ3v) is 3.49. The van der Waals surface area contributed by atoms with Crippen molar-refractivity contribution in [1.29, 1.82) is 5.26 Å². The molecule has 3 N–H and O–H groups in total. The molecule has 0 unspecified atom stereocenters. The fourth-order valence-corrected chi connectivity index (χ4v) is 2.02. The van der Waals surface area contributed by atoms with Gasteiger partial charge in [0.2, 0.25) is 0 Å². The molecular weight excluding hydrogens is 350 g/mol. The summed E-state index contributed by atoms with van der Waals surface area (Å²) < 4.78 is 0.938. The highest BCUT2D eigenvalue weighted by molar-refractivity contribution is 9.10. The first kappa shape index (κ1) is 17.7. The number of rotatable bonds is 8. The molecule has 6 nitrogen and oxygen atoms in total. The smallest absolute Gasteiger partial charge is 0.303 e. The van der Waals surface area contributed by atoms with Gasteiger partial charge >= 0.3 is 5.97 Å². The Morgan fingerprint density at radius 2 is 2.09 bits per heavy atom. The highest BCUT2D eigenvalue weighted by Crippen LogP contribution is 2.15. The van der Waals surface area contributed by atoms with E-state index in [0.717, 1.165) is 10.0 Å². The van der Waals surface area contributed by atoms with Crippen molar-refractivity contribution >= 4 is 27.8 Å². The fraction of sp³-hybridized carbons (Fsp3) is 0.267. The molecule has 0 saturated carbocycles. The SMILES string of the molecule is N#C/C(=C/NCc1ccccc1Br)C(=O)NCCCC(=O)O. The zero-order chi connectivity index (χ0) is 16.4. The van der Waals surface area contributed by atoms with Gasteiger partial charge in [-0.1, -0.05) is 34.1 Å². The monoisotopic (exact) mass is 365 g/mol. The summed E-state index contributed by atoms with van der Waals surface area (Å²) in [5, 5.41) is 22.9. The normalized spacial score (nSPS) is 10.6. The van der Waals surface area contributed by atoms with Crippen molar-refractivity contribution in [2.75, 3.05) is 6.54 Å². The van der Waals surface area contributed by atoms with E-state index < -0.39 is 11.9 Å². The number of halogens is 1. The second kappa shape index (κ2) is 9.58. The number of carbonyl (C=O) groups is 2. The van der Waals surface area contributed by atoms with Crippen molar-refractivity contribution in [2.45, 2.75) is 19.4 Å². The zero-order valence-electron chi connectivity index (χ0n) is 11.8. The van der Waals surface area contributed by atoms with Crippen LogP contribution in [0.4, 0.5) is 0 Å². The first-order valence-corrected chi connectivity index (χ1v) is 7.41. The number of carboxylic acid groups (broad SMARTS) is 1. The molecule has 1 rings (SSSR count). The molecule has 0 aliphatic rings. The Labute approximate surface area is 137 Å². The van der Waals surface area contributed by atoms with Gasteiger partial charge in [-0.25, -0.2) is 0 Å². The molecule has 0 aliphatic heterocycles. The fourth-order valence-electron chi connectivity index (χ4n) is 1.59. The summed E-state index contributed by atoms with van der Waals surface area (Å²) in [5.74, 6) is -1.44. The number of carbonyl (C=O) groups excluding carboxylic acids is 1. The first-order chi connectivity index (χ1) is 10.5. The topological polar surface area (TPSA) is 102 Å². The van der Waals surface area contributed by atoms with Crippen LogP contribution in [0.15, 0.2) is 40.5 Å². The maximum Gasteiger partial charge on any atom is 0.303 e. The first-order valence-electron chi connectivity index (χ1n) is 6.61. The average molecular weight is 366 g/mol. The summed E-state index contributed by atoms with van der Waals surface area (Å²) in [5.41, 5.74) is 0.945. The minimum absolute atomic E-state index is 0.0217. The largest absolute Gasteiger partial charge is 0.481 e. The molecule has 0 aliphatic carbocycles. The Hall–Kier alpha value is -2.33. The number of benzene rings is 1. The molecular formula is C15H16BrN3O3. The Bertz CT molecular complexity index is 608. The number of nitrogens with zero attached hydrogens (tertiary/aromatic N) is 1. The number of nitriles is 1. The Kier molecular flexibility index (Phi) is 7.72. The number of aliphatic carboxylic acids is 1. The predicted octanol–water partition coefficient (Wildman–Crippen LogP) is 1.93. The van der Waals surface area contributed by atoms with Crippen molar-refractivity contribution in [3.63, 3.8) is 0 Å². The van der Waals surface area contributed by atoms with E-state index in [1.807, 2.05) is 30.3 Å². The number of amides is 1. The van der Waals surface area contributed by atoms with Crippen molar-refractivity contribution < 1.29 is 14.7 Å². The van der Waals surface area contributed by atoms with Crippen LogP contribution >= 0.6 is 15.9 Å². The van der Waals surface area contributed by atoms with E-state index in [9.17, 15) is 9.59 Å². The highest BCUT2D eigenvalue weighted by atomic mass is 79.9. The van der Waals surface area contributed by atoms with Crippen molar-refractivity contribution in [1.82, 2.24) is 10.6 Å². The van der Waals surface area contributed by atoms with Crippen LogP contribution < -0.4 is 10.6 Å². The Balaban J connectivity index is 2.46. The average Bonchev–Trinajstić information content (AvgIpc) is 2.49. The summed E-state index contributed by atoms with van der Waals surface area (Å²) in [6, 6.07) is 9.43. The summed E-state index contributed by atoms with van der Waals surface area (Å²) in [4.78, 5) is 22.1. The van der Waals surface area contributed by atoms with Gasteiger partial charge in [0.1, 0.15) is 11.6 Å². The number of hydrogen-bond donors (Lipinski definition) is 3. The van der Waals surface area contributed by atoms with E-state index in [1.54, 1.807) is 0 Å². The third kappa shape index (κ3) is 6.41. The molecule has 0 saturated heterocycles. The summed E-state index contributed by atoms with van der Waals surface area (Å²) >= 11 is 3.41. The quantitative estimate of drug-likeness (QED) is 0.371. The van der Waals surface area contributed by atoms with Gasteiger partial charge in [0.05, 0.1) is 0 Å². The van der Waals surface area contributed by atoms with Gasteiger partial charge in [0.15, 0.2) is 0 Å². The van der Waals surface area contributed by atoms with E-state index in [2.05, 4.69) is 26.6 Å². The standard InChI is InChI=1S/C15H16BrN3O3/c16-13-5-2-1-4-11(13)9-18-10-12(8-17)15(22)19-7-3-6-14(20)21/h1-2,4-5,10,18H,3,6-7,9H2,(H,19,22)(H,20,21)/b12-10-. The molecule has 0 spiro atoms. The molecule has 0 bridgehead atoms. The van der Waals surface area contributed by atoms with Gasteiger partial charge < -0.3 is 15.7 Å². The van der Waals surface area contributed by atoms with Crippen LogP contribution in [0.5, 0.6) is 0 Å². The highest BCUT2D eigenvalue weighted by Gasteiger charge is 2.08. The maximum atomic E-state index is 11.7. The molecule has 7 heteroatoms. The van der Waals surface area contributed by atoms with Gasteiger partial charge in [-0.15, -0.1) is 0 Å². The molecule has 0 aromatic heterocycles. The van der Waals surface area contributed by atoms with Crippen LogP contribution in [0.25, 0.3) is 0 Å². The predicted molar refractivity (Wildman–Crippen MR) is 84.6 cm³/mol. The second-order valence-electron chi connectivity index (χ2n) is 4.40. The number of hydrogen-bond acceptors (Lipinski definition) is 4. The molecule has 1 amide bonds. The lowest BCUT2D eigenvalue weighted by atomic mass is 10.2. The van der Waals surface area contributed by atoms with Gasteiger partial charge in [0.25, 0.3) is 5.91 Å². The van der Waals surface area contributed by atoms with Crippen LogP contribution in [0.1, 0.15) is 18.4 Å². The van der Waals surface area contributed by atoms with Crippen LogP contribution in [0.3, 0.4) is 0 Å².